The fourth-order valence-electron chi connectivity index (χ4n) is 1.90. The molecule has 0 fully saturated rings. The Morgan fingerprint density at radius 3 is 2.68 bits per heavy atom. The van der Waals surface area contributed by atoms with E-state index >= 15 is 0 Å². The first-order chi connectivity index (χ1) is 9.24. The smallest absolute Gasteiger partial charge is 0.186 e. The maximum absolute atomic E-state index is 4.69. The van der Waals surface area contributed by atoms with E-state index in [-0.39, 0.29) is 0 Å². The van der Waals surface area contributed by atoms with Crippen molar-refractivity contribution in [3.8, 4) is 0 Å². The summed E-state index contributed by atoms with van der Waals surface area (Å²) >= 11 is 1.77. The van der Waals surface area contributed by atoms with Crippen LogP contribution in [0.25, 0.3) is 0 Å². The Morgan fingerprint density at radius 1 is 1.32 bits per heavy atom. The number of thiazole rings is 1. The van der Waals surface area contributed by atoms with Crippen molar-refractivity contribution in [3.05, 3.63) is 40.7 Å². The second-order valence-electron chi connectivity index (χ2n) is 4.40. The number of pyridine rings is 1. The maximum atomic E-state index is 4.69. The van der Waals surface area contributed by atoms with Gasteiger partial charge in [0.1, 0.15) is 0 Å². The molecule has 0 saturated heterocycles. The van der Waals surface area contributed by atoms with Gasteiger partial charge in [0.05, 0.1) is 5.69 Å². The van der Waals surface area contributed by atoms with Gasteiger partial charge in [-0.3, -0.25) is 4.98 Å². The normalized spacial score (nSPS) is 10.7. The lowest BCUT2D eigenvalue weighted by atomic mass is 10.2. The van der Waals surface area contributed by atoms with Crippen LogP contribution in [0, 0.1) is 6.92 Å². The van der Waals surface area contributed by atoms with Crippen molar-refractivity contribution in [1.82, 2.24) is 15.3 Å². The third kappa shape index (κ3) is 3.52. The topological polar surface area (TPSA) is 41.1 Å². The molecule has 0 aliphatic heterocycles. The fourth-order valence-corrected chi connectivity index (χ4v) is 3.03. The molecule has 5 heteroatoms. The number of nitrogens with one attached hydrogen (secondary N) is 1. The Kier molecular flexibility index (Phi) is 4.87. The minimum Gasteiger partial charge on any atom is -0.344 e. The molecular formula is C14H20N4S. The largest absolute Gasteiger partial charge is 0.344 e. The van der Waals surface area contributed by atoms with Gasteiger partial charge in [-0.15, -0.1) is 11.3 Å². The highest BCUT2D eigenvalue weighted by atomic mass is 32.1. The van der Waals surface area contributed by atoms with E-state index < -0.39 is 0 Å². The summed E-state index contributed by atoms with van der Waals surface area (Å²) < 4.78 is 0. The Morgan fingerprint density at radius 2 is 2.05 bits per heavy atom. The Hall–Kier alpha value is -1.46. The van der Waals surface area contributed by atoms with Crippen LogP contribution in [0.3, 0.4) is 0 Å². The Balaban J connectivity index is 2.15. The molecule has 0 aromatic carbocycles. The molecule has 19 heavy (non-hydrogen) atoms. The lowest BCUT2D eigenvalue weighted by Gasteiger charge is -2.19. The van der Waals surface area contributed by atoms with Crippen molar-refractivity contribution >= 4 is 16.5 Å². The average molecular weight is 276 g/mol. The second kappa shape index (κ2) is 6.63. The van der Waals surface area contributed by atoms with Crippen LogP contribution in [-0.4, -0.2) is 23.6 Å². The van der Waals surface area contributed by atoms with Crippen molar-refractivity contribution in [1.29, 1.82) is 0 Å². The number of rotatable bonds is 6. The summed E-state index contributed by atoms with van der Waals surface area (Å²) in [6.45, 7) is 6.96. The lowest BCUT2D eigenvalue weighted by Crippen LogP contribution is -2.21. The summed E-state index contributed by atoms with van der Waals surface area (Å²) in [5, 5.41) is 4.29. The van der Waals surface area contributed by atoms with Gasteiger partial charge in [-0.05, 0) is 38.6 Å². The minimum atomic E-state index is 0.880. The van der Waals surface area contributed by atoms with E-state index in [1.165, 1.54) is 10.4 Å². The third-order valence-corrected chi connectivity index (χ3v) is 4.21. The van der Waals surface area contributed by atoms with Crippen LogP contribution in [0.15, 0.2) is 24.5 Å². The second-order valence-corrected chi connectivity index (χ2v) is 5.47. The minimum absolute atomic E-state index is 0.880. The molecule has 2 rings (SSSR count). The molecule has 0 aliphatic rings. The Labute approximate surface area is 118 Å². The molecule has 0 amide bonds. The number of aromatic nitrogens is 2. The van der Waals surface area contributed by atoms with Crippen LogP contribution in [-0.2, 0) is 13.1 Å². The zero-order chi connectivity index (χ0) is 13.7. The first kappa shape index (κ1) is 14.0. The molecule has 0 spiro atoms. The zero-order valence-electron chi connectivity index (χ0n) is 11.7. The molecule has 2 aromatic rings. The standard InChI is InChI=1S/C14H20N4S/c1-4-18(10-12-5-7-16-8-6-12)14-17-11(2)13(19-14)9-15-3/h5-8,15H,4,9-10H2,1-3H3. The number of anilines is 1. The summed E-state index contributed by atoms with van der Waals surface area (Å²) in [7, 11) is 1.97. The van der Waals surface area contributed by atoms with Crippen LogP contribution < -0.4 is 10.2 Å². The SMILES string of the molecule is CCN(Cc1ccncc1)c1nc(C)c(CNC)s1. The number of hydrogen-bond donors (Lipinski definition) is 1. The molecule has 0 bridgehead atoms. The summed E-state index contributed by atoms with van der Waals surface area (Å²) in [4.78, 5) is 12.3. The predicted molar refractivity (Wildman–Crippen MR) is 80.6 cm³/mol. The molecule has 0 saturated carbocycles. The van der Waals surface area contributed by atoms with E-state index in [2.05, 4.69) is 46.2 Å². The monoisotopic (exact) mass is 276 g/mol. The van der Waals surface area contributed by atoms with Crippen LogP contribution in [0.5, 0.6) is 0 Å². The van der Waals surface area contributed by atoms with Crippen LogP contribution >= 0.6 is 11.3 Å². The number of nitrogens with zero attached hydrogens (tertiary/aromatic N) is 3. The van der Waals surface area contributed by atoms with Crippen molar-refractivity contribution in [2.45, 2.75) is 26.9 Å². The third-order valence-electron chi connectivity index (χ3n) is 2.99. The summed E-state index contributed by atoms with van der Waals surface area (Å²) in [5.41, 5.74) is 2.39. The van der Waals surface area contributed by atoms with Gasteiger partial charge in [0.2, 0.25) is 0 Å². The molecule has 0 radical (unpaired) electrons. The highest BCUT2D eigenvalue weighted by Gasteiger charge is 2.12. The zero-order valence-corrected chi connectivity index (χ0v) is 12.5. The summed E-state index contributed by atoms with van der Waals surface area (Å²) in [5.74, 6) is 0. The van der Waals surface area contributed by atoms with Gasteiger partial charge in [0.15, 0.2) is 5.13 Å². The summed E-state index contributed by atoms with van der Waals surface area (Å²) in [6.07, 6.45) is 3.67. The van der Waals surface area contributed by atoms with Gasteiger partial charge in [0, 0.05) is 36.9 Å². The molecule has 0 aliphatic carbocycles. The van der Waals surface area contributed by atoms with Gasteiger partial charge < -0.3 is 10.2 Å². The molecule has 2 heterocycles. The van der Waals surface area contributed by atoms with E-state index in [9.17, 15) is 0 Å². The number of hydrogen-bond acceptors (Lipinski definition) is 5. The molecule has 2 aromatic heterocycles. The van der Waals surface area contributed by atoms with E-state index in [4.69, 9.17) is 0 Å². The molecular weight excluding hydrogens is 256 g/mol. The van der Waals surface area contributed by atoms with Crippen molar-refractivity contribution in [3.63, 3.8) is 0 Å². The Bertz CT molecular complexity index is 509. The van der Waals surface area contributed by atoms with Gasteiger partial charge >= 0.3 is 0 Å². The predicted octanol–water partition coefficient (Wildman–Crippen LogP) is 2.59. The maximum Gasteiger partial charge on any atom is 0.186 e. The van der Waals surface area contributed by atoms with Crippen molar-refractivity contribution in [2.24, 2.45) is 0 Å². The van der Waals surface area contributed by atoms with Crippen molar-refractivity contribution < 1.29 is 0 Å². The van der Waals surface area contributed by atoms with Gasteiger partial charge in [0.25, 0.3) is 0 Å². The first-order valence-electron chi connectivity index (χ1n) is 6.49. The van der Waals surface area contributed by atoms with E-state index in [0.29, 0.717) is 0 Å². The fraction of sp³-hybridized carbons (Fsp3) is 0.429. The van der Waals surface area contributed by atoms with Gasteiger partial charge in [-0.2, -0.15) is 0 Å². The lowest BCUT2D eigenvalue weighted by molar-refractivity contribution is 0.815. The summed E-state index contributed by atoms with van der Waals surface area (Å²) in [6, 6.07) is 4.11. The van der Waals surface area contributed by atoms with E-state index in [0.717, 1.165) is 30.5 Å². The van der Waals surface area contributed by atoms with Crippen molar-refractivity contribution in [2.75, 3.05) is 18.5 Å². The molecule has 0 atom stereocenters. The van der Waals surface area contributed by atoms with E-state index in [1.54, 1.807) is 11.3 Å². The molecule has 0 unspecified atom stereocenters. The highest BCUT2D eigenvalue weighted by Crippen LogP contribution is 2.27. The number of aryl methyl sites for hydroxylation is 1. The van der Waals surface area contributed by atoms with Gasteiger partial charge in [-0.1, -0.05) is 0 Å². The van der Waals surface area contributed by atoms with Gasteiger partial charge in [-0.25, -0.2) is 4.98 Å². The van der Waals surface area contributed by atoms with Crippen LogP contribution in [0.2, 0.25) is 0 Å². The quantitative estimate of drug-likeness (QED) is 0.880. The highest BCUT2D eigenvalue weighted by molar-refractivity contribution is 7.15. The van der Waals surface area contributed by atoms with Crippen LogP contribution in [0.4, 0.5) is 5.13 Å². The first-order valence-corrected chi connectivity index (χ1v) is 7.31. The molecule has 4 nitrogen and oxygen atoms in total. The average Bonchev–Trinajstić information content (AvgIpc) is 2.79. The molecule has 1 N–H and O–H groups in total. The van der Waals surface area contributed by atoms with E-state index in [1.807, 2.05) is 19.4 Å². The van der Waals surface area contributed by atoms with Crippen LogP contribution in [0.1, 0.15) is 23.1 Å². The molecule has 102 valence electrons.